The van der Waals surface area contributed by atoms with E-state index in [-0.39, 0.29) is 5.91 Å². The van der Waals surface area contributed by atoms with E-state index in [0.29, 0.717) is 12.0 Å². The van der Waals surface area contributed by atoms with Gasteiger partial charge in [0, 0.05) is 13.1 Å². The molecule has 0 bridgehead atoms. The minimum Gasteiger partial charge on any atom is -0.330 e. The summed E-state index contributed by atoms with van der Waals surface area (Å²) in [7, 11) is 0. The van der Waals surface area contributed by atoms with Crippen LogP contribution in [0.5, 0.6) is 0 Å². The van der Waals surface area contributed by atoms with Crippen LogP contribution in [0, 0.1) is 5.92 Å². The Morgan fingerprint density at radius 1 is 1.53 bits per heavy atom. The molecule has 0 saturated heterocycles. The Balaban J connectivity index is 1.94. The number of carbonyl (C=O) groups is 1. The van der Waals surface area contributed by atoms with Crippen LogP contribution in [0.3, 0.4) is 0 Å². The van der Waals surface area contributed by atoms with Crippen LogP contribution >= 0.6 is 0 Å². The molecule has 0 unspecified atom stereocenters. The lowest BCUT2D eigenvalue weighted by molar-refractivity contribution is -0.114. The van der Waals surface area contributed by atoms with Gasteiger partial charge in [-0.2, -0.15) is 5.10 Å². The predicted octanol–water partition coefficient (Wildman–Crippen LogP) is 1.53. The molecular formula is C12H20N4O. The van der Waals surface area contributed by atoms with Gasteiger partial charge in [-0.05, 0) is 38.1 Å². The first-order valence-corrected chi connectivity index (χ1v) is 6.21. The lowest BCUT2D eigenvalue weighted by atomic mass is 9.86. The smallest absolute Gasteiger partial charge is 0.221 e. The van der Waals surface area contributed by atoms with Gasteiger partial charge >= 0.3 is 0 Å². The molecule has 1 aliphatic rings. The van der Waals surface area contributed by atoms with Crippen molar-refractivity contribution in [3.05, 3.63) is 12.4 Å². The lowest BCUT2D eigenvalue weighted by Crippen LogP contribution is -2.23. The molecule has 0 aliphatic heterocycles. The largest absolute Gasteiger partial charge is 0.330 e. The van der Waals surface area contributed by atoms with Crippen LogP contribution in [0.25, 0.3) is 0 Å². The third-order valence-corrected chi connectivity index (χ3v) is 3.45. The Morgan fingerprint density at radius 3 is 2.82 bits per heavy atom. The van der Waals surface area contributed by atoms with Crippen molar-refractivity contribution < 1.29 is 4.79 Å². The number of aromatic nitrogens is 2. The Hall–Kier alpha value is -1.36. The summed E-state index contributed by atoms with van der Waals surface area (Å²) < 4.78 is 1.97. The molecule has 0 radical (unpaired) electrons. The standard InChI is InChI=1S/C12H20N4O/c1-9(17)15-11-7-14-16(8-11)12-4-2-10(6-13)3-5-12/h7-8,10,12H,2-6,13H2,1H3,(H,15,17). The Labute approximate surface area is 101 Å². The van der Waals surface area contributed by atoms with E-state index in [9.17, 15) is 4.79 Å². The monoisotopic (exact) mass is 236 g/mol. The van der Waals surface area contributed by atoms with Crippen LogP contribution in [0.2, 0.25) is 0 Å². The zero-order valence-electron chi connectivity index (χ0n) is 10.2. The number of carbonyl (C=O) groups excluding carboxylic acids is 1. The highest BCUT2D eigenvalue weighted by Gasteiger charge is 2.21. The quantitative estimate of drug-likeness (QED) is 0.836. The molecule has 1 aliphatic carbocycles. The second-order valence-corrected chi connectivity index (χ2v) is 4.80. The van der Waals surface area contributed by atoms with Crippen LogP contribution in [0.4, 0.5) is 5.69 Å². The molecule has 5 heteroatoms. The molecule has 5 nitrogen and oxygen atoms in total. The zero-order chi connectivity index (χ0) is 12.3. The fourth-order valence-electron chi connectivity index (χ4n) is 2.45. The zero-order valence-corrected chi connectivity index (χ0v) is 10.2. The van der Waals surface area contributed by atoms with Crippen LogP contribution in [-0.2, 0) is 4.79 Å². The Kier molecular flexibility index (Phi) is 3.78. The summed E-state index contributed by atoms with van der Waals surface area (Å²) in [6.07, 6.45) is 8.23. The van der Waals surface area contributed by atoms with Gasteiger partial charge in [0.15, 0.2) is 0 Å². The molecule has 0 aromatic carbocycles. The predicted molar refractivity (Wildman–Crippen MR) is 66.6 cm³/mol. The van der Waals surface area contributed by atoms with Gasteiger partial charge < -0.3 is 11.1 Å². The maximum atomic E-state index is 10.9. The number of anilines is 1. The SMILES string of the molecule is CC(=O)Nc1cnn(C2CCC(CN)CC2)c1. The van der Waals surface area contributed by atoms with Gasteiger partial charge in [0.05, 0.1) is 17.9 Å². The Bertz CT molecular complexity index is 380. The van der Waals surface area contributed by atoms with Crippen molar-refractivity contribution in [2.45, 2.75) is 38.6 Å². The van der Waals surface area contributed by atoms with E-state index in [1.165, 1.54) is 19.8 Å². The maximum absolute atomic E-state index is 10.9. The van der Waals surface area contributed by atoms with E-state index < -0.39 is 0 Å². The van der Waals surface area contributed by atoms with Crippen molar-refractivity contribution in [1.29, 1.82) is 0 Å². The highest BCUT2D eigenvalue weighted by atomic mass is 16.1. The highest BCUT2D eigenvalue weighted by Crippen LogP contribution is 2.31. The average Bonchev–Trinajstić information content (AvgIpc) is 2.77. The van der Waals surface area contributed by atoms with Crippen LogP contribution < -0.4 is 11.1 Å². The van der Waals surface area contributed by atoms with Gasteiger partial charge in [-0.1, -0.05) is 0 Å². The summed E-state index contributed by atoms with van der Waals surface area (Å²) in [4.78, 5) is 10.9. The molecule has 2 rings (SSSR count). The van der Waals surface area contributed by atoms with Crippen molar-refractivity contribution in [2.24, 2.45) is 11.7 Å². The molecule has 1 amide bonds. The molecule has 0 atom stereocenters. The number of amides is 1. The molecule has 0 spiro atoms. The number of hydrogen-bond acceptors (Lipinski definition) is 3. The molecular weight excluding hydrogens is 216 g/mol. The fraction of sp³-hybridized carbons (Fsp3) is 0.667. The minimum absolute atomic E-state index is 0.0589. The molecule has 17 heavy (non-hydrogen) atoms. The van der Waals surface area contributed by atoms with Crippen LogP contribution in [0.1, 0.15) is 38.6 Å². The molecule has 1 aromatic heterocycles. The molecule has 1 aromatic rings. The van der Waals surface area contributed by atoms with E-state index in [1.807, 2.05) is 10.9 Å². The summed E-state index contributed by atoms with van der Waals surface area (Å²) >= 11 is 0. The first kappa shape index (κ1) is 12.1. The summed E-state index contributed by atoms with van der Waals surface area (Å²) in [6.45, 7) is 2.30. The van der Waals surface area contributed by atoms with E-state index in [4.69, 9.17) is 5.73 Å². The summed E-state index contributed by atoms with van der Waals surface area (Å²) in [5, 5.41) is 7.06. The van der Waals surface area contributed by atoms with E-state index in [1.54, 1.807) is 6.20 Å². The van der Waals surface area contributed by atoms with Gasteiger partial charge in [0.25, 0.3) is 0 Å². The summed E-state index contributed by atoms with van der Waals surface area (Å²) in [6, 6.07) is 0.459. The van der Waals surface area contributed by atoms with Gasteiger partial charge in [-0.15, -0.1) is 0 Å². The normalized spacial score (nSPS) is 24.6. The third-order valence-electron chi connectivity index (χ3n) is 3.45. The minimum atomic E-state index is -0.0589. The van der Waals surface area contributed by atoms with E-state index in [0.717, 1.165) is 25.1 Å². The third kappa shape index (κ3) is 3.06. The van der Waals surface area contributed by atoms with Crippen molar-refractivity contribution >= 4 is 11.6 Å². The summed E-state index contributed by atoms with van der Waals surface area (Å²) in [5.41, 5.74) is 6.45. The second-order valence-electron chi connectivity index (χ2n) is 4.80. The lowest BCUT2D eigenvalue weighted by Gasteiger charge is -2.27. The van der Waals surface area contributed by atoms with Crippen molar-refractivity contribution in [3.8, 4) is 0 Å². The number of nitrogens with one attached hydrogen (secondary N) is 1. The number of nitrogens with two attached hydrogens (primary N) is 1. The molecule has 1 saturated carbocycles. The van der Waals surface area contributed by atoms with Crippen molar-refractivity contribution in [2.75, 3.05) is 11.9 Å². The molecule has 1 heterocycles. The molecule has 3 N–H and O–H groups in total. The first-order chi connectivity index (χ1) is 8.19. The maximum Gasteiger partial charge on any atom is 0.221 e. The van der Waals surface area contributed by atoms with Gasteiger partial charge in [-0.3, -0.25) is 9.48 Å². The second kappa shape index (κ2) is 5.31. The van der Waals surface area contributed by atoms with Gasteiger partial charge in [-0.25, -0.2) is 0 Å². The topological polar surface area (TPSA) is 72.9 Å². The summed E-state index contributed by atoms with van der Waals surface area (Å²) in [5.74, 6) is 0.619. The van der Waals surface area contributed by atoms with Crippen LogP contribution in [0.15, 0.2) is 12.4 Å². The van der Waals surface area contributed by atoms with Gasteiger partial charge in [0.1, 0.15) is 0 Å². The number of nitrogens with zero attached hydrogens (tertiary/aromatic N) is 2. The first-order valence-electron chi connectivity index (χ1n) is 6.21. The number of hydrogen-bond donors (Lipinski definition) is 2. The van der Waals surface area contributed by atoms with Crippen molar-refractivity contribution in [3.63, 3.8) is 0 Å². The molecule has 1 fully saturated rings. The van der Waals surface area contributed by atoms with E-state index >= 15 is 0 Å². The van der Waals surface area contributed by atoms with Crippen molar-refractivity contribution in [1.82, 2.24) is 9.78 Å². The number of rotatable bonds is 3. The fourth-order valence-corrected chi connectivity index (χ4v) is 2.45. The van der Waals surface area contributed by atoms with E-state index in [2.05, 4.69) is 10.4 Å². The van der Waals surface area contributed by atoms with Crippen LogP contribution in [-0.4, -0.2) is 22.2 Å². The Morgan fingerprint density at radius 2 is 2.24 bits per heavy atom. The van der Waals surface area contributed by atoms with Gasteiger partial charge in [0.2, 0.25) is 5.91 Å². The average molecular weight is 236 g/mol. The highest BCUT2D eigenvalue weighted by molar-refractivity contribution is 5.88. The molecule has 94 valence electrons.